The second kappa shape index (κ2) is 5.83. The lowest BCUT2D eigenvalue weighted by atomic mass is 10.2. The molecule has 1 aliphatic heterocycles. The van der Waals surface area contributed by atoms with Crippen LogP contribution in [0.15, 0.2) is 18.2 Å². The van der Waals surface area contributed by atoms with Crippen LogP contribution in [0.25, 0.3) is 0 Å². The lowest BCUT2D eigenvalue weighted by molar-refractivity contribution is -0.384. The topological polar surface area (TPSA) is 67.6 Å². The molecular formula is C12H15N3O3S. The van der Waals surface area contributed by atoms with E-state index in [1.807, 2.05) is 0 Å². The molecule has 1 fully saturated rings. The van der Waals surface area contributed by atoms with Gasteiger partial charge in [-0.3, -0.25) is 10.1 Å². The van der Waals surface area contributed by atoms with E-state index in [0.717, 1.165) is 25.9 Å². The number of thiocarbonyl (C=S) groups is 1. The lowest BCUT2D eigenvalue weighted by Crippen LogP contribution is -2.31. The number of likely N-dealkylation sites (tertiary alicyclic amines) is 1. The molecule has 0 aliphatic carbocycles. The zero-order valence-electron chi connectivity index (χ0n) is 10.6. The van der Waals surface area contributed by atoms with E-state index in [4.69, 9.17) is 17.0 Å². The molecule has 0 unspecified atom stereocenters. The van der Waals surface area contributed by atoms with E-state index in [1.54, 1.807) is 6.07 Å². The summed E-state index contributed by atoms with van der Waals surface area (Å²) in [5.41, 5.74) is 0.638. The van der Waals surface area contributed by atoms with Gasteiger partial charge in [-0.15, -0.1) is 0 Å². The van der Waals surface area contributed by atoms with Crippen LogP contribution in [0.1, 0.15) is 12.8 Å². The van der Waals surface area contributed by atoms with Crippen molar-refractivity contribution in [3.8, 4) is 5.75 Å². The molecule has 0 atom stereocenters. The van der Waals surface area contributed by atoms with Crippen LogP contribution in [-0.2, 0) is 0 Å². The van der Waals surface area contributed by atoms with Gasteiger partial charge >= 0.3 is 0 Å². The zero-order valence-corrected chi connectivity index (χ0v) is 11.4. The zero-order chi connectivity index (χ0) is 13.8. The maximum Gasteiger partial charge on any atom is 0.273 e. The Morgan fingerprint density at radius 2 is 2.16 bits per heavy atom. The van der Waals surface area contributed by atoms with Crippen molar-refractivity contribution in [2.75, 3.05) is 25.5 Å². The van der Waals surface area contributed by atoms with Gasteiger partial charge in [0.1, 0.15) is 5.75 Å². The molecule has 0 saturated carbocycles. The van der Waals surface area contributed by atoms with Gasteiger partial charge in [0.25, 0.3) is 5.69 Å². The first kappa shape index (κ1) is 13.5. The smallest absolute Gasteiger partial charge is 0.273 e. The van der Waals surface area contributed by atoms with Gasteiger partial charge in [-0.1, -0.05) is 0 Å². The number of methoxy groups -OCH3 is 1. The van der Waals surface area contributed by atoms with Crippen molar-refractivity contribution in [3.05, 3.63) is 28.3 Å². The van der Waals surface area contributed by atoms with Crippen LogP contribution in [0, 0.1) is 10.1 Å². The Hall–Kier alpha value is -1.89. The van der Waals surface area contributed by atoms with Gasteiger partial charge in [-0.2, -0.15) is 0 Å². The van der Waals surface area contributed by atoms with Crippen molar-refractivity contribution in [2.45, 2.75) is 12.8 Å². The van der Waals surface area contributed by atoms with Gasteiger partial charge in [0.2, 0.25) is 0 Å². The van der Waals surface area contributed by atoms with Gasteiger partial charge in [0.15, 0.2) is 5.11 Å². The number of benzene rings is 1. The highest BCUT2D eigenvalue weighted by atomic mass is 32.1. The summed E-state index contributed by atoms with van der Waals surface area (Å²) in [5, 5.41) is 14.4. The molecule has 1 N–H and O–H groups in total. The molecule has 6 nitrogen and oxygen atoms in total. The third kappa shape index (κ3) is 3.11. The number of anilines is 1. The van der Waals surface area contributed by atoms with Crippen LogP contribution in [-0.4, -0.2) is 35.1 Å². The number of nitro groups is 1. The predicted molar refractivity (Wildman–Crippen MR) is 76.7 cm³/mol. The lowest BCUT2D eigenvalue weighted by Gasteiger charge is -2.20. The highest BCUT2D eigenvalue weighted by Crippen LogP contribution is 2.29. The van der Waals surface area contributed by atoms with Crippen LogP contribution in [0.4, 0.5) is 11.4 Å². The van der Waals surface area contributed by atoms with Gasteiger partial charge in [-0.25, -0.2) is 0 Å². The van der Waals surface area contributed by atoms with E-state index >= 15 is 0 Å². The number of ether oxygens (including phenoxy) is 1. The first-order valence-electron chi connectivity index (χ1n) is 6.00. The fourth-order valence-electron chi connectivity index (χ4n) is 2.01. The molecule has 1 aliphatic rings. The second-order valence-electron chi connectivity index (χ2n) is 4.27. The van der Waals surface area contributed by atoms with Crippen LogP contribution in [0.3, 0.4) is 0 Å². The van der Waals surface area contributed by atoms with E-state index in [0.29, 0.717) is 16.5 Å². The number of nitrogens with zero attached hydrogens (tertiary/aromatic N) is 2. The summed E-state index contributed by atoms with van der Waals surface area (Å²) in [4.78, 5) is 12.3. The fraction of sp³-hybridized carbons (Fsp3) is 0.417. The van der Waals surface area contributed by atoms with Crippen LogP contribution in [0.5, 0.6) is 5.75 Å². The van der Waals surface area contributed by atoms with Crippen molar-refractivity contribution >= 4 is 28.7 Å². The largest absolute Gasteiger partial charge is 0.494 e. The molecule has 0 aromatic heterocycles. The highest BCUT2D eigenvalue weighted by molar-refractivity contribution is 7.80. The number of non-ortho nitro benzene ring substituents is 1. The minimum absolute atomic E-state index is 0.00510. The minimum Gasteiger partial charge on any atom is -0.494 e. The van der Waals surface area contributed by atoms with E-state index in [9.17, 15) is 10.1 Å². The normalized spacial score (nSPS) is 14.3. The van der Waals surface area contributed by atoms with Gasteiger partial charge in [0, 0.05) is 19.2 Å². The highest BCUT2D eigenvalue weighted by Gasteiger charge is 2.17. The van der Waals surface area contributed by atoms with Crippen molar-refractivity contribution in [1.29, 1.82) is 0 Å². The van der Waals surface area contributed by atoms with E-state index < -0.39 is 4.92 Å². The Morgan fingerprint density at radius 1 is 1.47 bits per heavy atom. The SMILES string of the molecule is COc1cc([N+](=O)[O-])ccc1NC(=S)N1CCCC1. The quantitative estimate of drug-likeness (QED) is 0.521. The van der Waals surface area contributed by atoms with Crippen molar-refractivity contribution < 1.29 is 9.66 Å². The Kier molecular flexibility index (Phi) is 4.16. The minimum atomic E-state index is -0.453. The Labute approximate surface area is 116 Å². The second-order valence-corrected chi connectivity index (χ2v) is 4.65. The Balaban J connectivity index is 2.15. The number of hydrogen-bond donors (Lipinski definition) is 1. The summed E-state index contributed by atoms with van der Waals surface area (Å²) in [6, 6.07) is 4.42. The summed E-state index contributed by atoms with van der Waals surface area (Å²) >= 11 is 5.31. The fourth-order valence-corrected chi connectivity index (χ4v) is 2.30. The van der Waals surface area contributed by atoms with Crippen LogP contribution < -0.4 is 10.1 Å². The number of nitrogens with one attached hydrogen (secondary N) is 1. The molecule has 1 aromatic carbocycles. The molecule has 102 valence electrons. The Bertz CT molecular complexity index is 501. The summed E-state index contributed by atoms with van der Waals surface area (Å²) < 4.78 is 5.15. The van der Waals surface area contributed by atoms with E-state index in [2.05, 4.69) is 10.2 Å². The Morgan fingerprint density at radius 3 is 2.74 bits per heavy atom. The summed E-state index contributed by atoms with van der Waals surface area (Å²) in [7, 11) is 1.48. The predicted octanol–water partition coefficient (Wildman–Crippen LogP) is 2.40. The molecule has 0 amide bonds. The summed E-state index contributed by atoms with van der Waals surface area (Å²) in [5.74, 6) is 0.413. The van der Waals surface area contributed by atoms with Crippen molar-refractivity contribution in [1.82, 2.24) is 4.90 Å². The van der Waals surface area contributed by atoms with Crippen molar-refractivity contribution in [2.24, 2.45) is 0 Å². The molecule has 0 radical (unpaired) electrons. The average Bonchev–Trinajstić information content (AvgIpc) is 2.92. The van der Waals surface area contributed by atoms with Gasteiger partial charge in [-0.05, 0) is 31.1 Å². The number of hydrogen-bond acceptors (Lipinski definition) is 4. The molecule has 2 rings (SSSR count). The molecule has 1 aromatic rings. The van der Waals surface area contributed by atoms with Gasteiger partial charge in [0.05, 0.1) is 23.8 Å². The van der Waals surface area contributed by atoms with Crippen LogP contribution in [0.2, 0.25) is 0 Å². The summed E-state index contributed by atoms with van der Waals surface area (Å²) in [6.45, 7) is 1.89. The number of nitro benzene ring substituents is 1. The molecule has 7 heteroatoms. The molecule has 19 heavy (non-hydrogen) atoms. The van der Waals surface area contributed by atoms with Gasteiger partial charge < -0.3 is 15.0 Å². The maximum absolute atomic E-state index is 10.7. The monoisotopic (exact) mass is 281 g/mol. The third-order valence-corrected chi connectivity index (χ3v) is 3.39. The van der Waals surface area contributed by atoms with E-state index in [-0.39, 0.29) is 5.69 Å². The molecule has 1 saturated heterocycles. The first-order valence-corrected chi connectivity index (χ1v) is 6.41. The van der Waals surface area contributed by atoms with E-state index in [1.165, 1.54) is 19.2 Å². The first-order chi connectivity index (χ1) is 9.11. The van der Waals surface area contributed by atoms with Crippen LogP contribution >= 0.6 is 12.2 Å². The molecule has 0 spiro atoms. The van der Waals surface area contributed by atoms with Crippen molar-refractivity contribution in [3.63, 3.8) is 0 Å². The molecule has 0 bridgehead atoms. The summed E-state index contributed by atoms with van der Waals surface area (Å²) in [6.07, 6.45) is 2.28. The maximum atomic E-state index is 10.7. The molecular weight excluding hydrogens is 266 g/mol. The number of rotatable bonds is 3. The third-order valence-electron chi connectivity index (χ3n) is 3.03. The average molecular weight is 281 g/mol. The molecule has 1 heterocycles. The standard InChI is InChI=1S/C12H15N3O3S/c1-18-11-8-9(15(16)17)4-5-10(11)13-12(19)14-6-2-3-7-14/h4-5,8H,2-3,6-7H2,1H3,(H,13,19).